The average Bonchev–Trinajstić information content (AvgIpc) is 2.85. The van der Waals surface area contributed by atoms with Crippen LogP contribution in [0.3, 0.4) is 0 Å². The number of aromatic nitrogens is 1. The molecule has 1 aromatic heterocycles. The highest BCUT2D eigenvalue weighted by atomic mass is 16.1. The topological polar surface area (TPSA) is 70.9 Å². The second-order valence-corrected chi connectivity index (χ2v) is 4.31. The van der Waals surface area contributed by atoms with Crippen molar-refractivity contribution in [1.82, 2.24) is 4.98 Å². The standard InChI is InChI=1S/C15H13N3O/c16-12-8-4-5-10-9-13(18-14(10)12)15(19)17-11-6-2-1-3-7-11/h1-9,18H,16H2,(H,17,19). The molecule has 4 nitrogen and oxygen atoms in total. The van der Waals surface area contributed by atoms with Crippen LogP contribution in [-0.4, -0.2) is 10.9 Å². The molecule has 0 aliphatic heterocycles. The molecule has 3 aromatic rings. The van der Waals surface area contributed by atoms with Gasteiger partial charge in [-0.3, -0.25) is 4.79 Å². The van der Waals surface area contributed by atoms with Crippen molar-refractivity contribution in [2.75, 3.05) is 11.1 Å². The Kier molecular flexibility index (Phi) is 2.68. The first-order valence-electron chi connectivity index (χ1n) is 5.97. The lowest BCUT2D eigenvalue weighted by molar-refractivity contribution is 0.102. The van der Waals surface area contributed by atoms with E-state index in [1.807, 2.05) is 42.5 Å². The molecular formula is C15H13N3O. The predicted octanol–water partition coefficient (Wildman–Crippen LogP) is 3.00. The van der Waals surface area contributed by atoms with Crippen LogP contribution in [0.25, 0.3) is 10.9 Å². The van der Waals surface area contributed by atoms with E-state index >= 15 is 0 Å². The number of carbonyl (C=O) groups is 1. The minimum absolute atomic E-state index is 0.179. The number of hydrogen-bond acceptors (Lipinski definition) is 2. The van der Waals surface area contributed by atoms with E-state index in [1.54, 1.807) is 12.1 Å². The fourth-order valence-electron chi connectivity index (χ4n) is 2.02. The van der Waals surface area contributed by atoms with E-state index in [0.717, 1.165) is 16.6 Å². The summed E-state index contributed by atoms with van der Waals surface area (Å²) in [6, 6.07) is 16.7. The summed E-state index contributed by atoms with van der Waals surface area (Å²) in [4.78, 5) is 15.2. The highest BCUT2D eigenvalue weighted by Crippen LogP contribution is 2.21. The molecule has 94 valence electrons. The van der Waals surface area contributed by atoms with Gasteiger partial charge in [-0.25, -0.2) is 0 Å². The van der Waals surface area contributed by atoms with Gasteiger partial charge in [-0.2, -0.15) is 0 Å². The lowest BCUT2D eigenvalue weighted by Gasteiger charge is -2.02. The summed E-state index contributed by atoms with van der Waals surface area (Å²) < 4.78 is 0. The van der Waals surface area contributed by atoms with Crippen molar-refractivity contribution in [3.05, 3.63) is 60.3 Å². The van der Waals surface area contributed by atoms with Crippen molar-refractivity contribution in [1.29, 1.82) is 0 Å². The molecule has 1 amide bonds. The molecule has 0 atom stereocenters. The largest absolute Gasteiger partial charge is 0.397 e. The van der Waals surface area contributed by atoms with Gasteiger partial charge in [0.2, 0.25) is 0 Å². The van der Waals surface area contributed by atoms with Crippen LogP contribution in [0.2, 0.25) is 0 Å². The molecule has 19 heavy (non-hydrogen) atoms. The first-order chi connectivity index (χ1) is 9.24. The van der Waals surface area contributed by atoms with Gasteiger partial charge in [-0.05, 0) is 24.3 Å². The first-order valence-corrected chi connectivity index (χ1v) is 5.97. The number of nitrogen functional groups attached to an aromatic ring is 1. The predicted molar refractivity (Wildman–Crippen MR) is 77.1 cm³/mol. The summed E-state index contributed by atoms with van der Waals surface area (Å²) in [6.45, 7) is 0. The molecule has 0 spiro atoms. The minimum Gasteiger partial charge on any atom is -0.397 e. The summed E-state index contributed by atoms with van der Waals surface area (Å²) in [6.07, 6.45) is 0. The zero-order chi connectivity index (χ0) is 13.2. The highest BCUT2D eigenvalue weighted by molar-refractivity contribution is 6.07. The number of anilines is 2. The van der Waals surface area contributed by atoms with E-state index in [2.05, 4.69) is 10.3 Å². The number of aromatic amines is 1. The third-order valence-corrected chi connectivity index (χ3v) is 2.96. The molecular weight excluding hydrogens is 238 g/mol. The van der Waals surface area contributed by atoms with E-state index in [0.29, 0.717) is 11.4 Å². The molecule has 0 unspecified atom stereocenters. The maximum atomic E-state index is 12.1. The molecule has 0 bridgehead atoms. The fourth-order valence-corrected chi connectivity index (χ4v) is 2.02. The number of rotatable bonds is 2. The summed E-state index contributed by atoms with van der Waals surface area (Å²) >= 11 is 0. The SMILES string of the molecule is Nc1cccc2cc(C(=O)Nc3ccccc3)[nH]c12. The van der Waals surface area contributed by atoms with Gasteiger partial charge in [0, 0.05) is 11.1 Å². The molecule has 0 aliphatic carbocycles. The van der Waals surface area contributed by atoms with E-state index < -0.39 is 0 Å². The molecule has 2 aromatic carbocycles. The molecule has 0 saturated heterocycles. The van der Waals surface area contributed by atoms with Crippen molar-refractivity contribution in [2.24, 2.45) is 0 Å². The number of nitrogens with one attached hydrogen (secondary N) is 2. The Labute approximate surface area is 110 Å². The van der Waals surface area contributed by atoms with Crippen LogP contribution in [0.4, 0.5) is 11.4 Å². The Bertz CT molecular complexity index is 731. The summed E-state index contributed by atoms with van der Waals surface area (Å²) in [5.74, 6) is -0.179. The van der Waals surface area contributed by atoms with Gasteiger partial charge in [0.05, 0.1) is 11.2 Å². The Morgan fingerprint density at radius 1 is 1.05 bits per heavy atom. The number of nitrogens with two attached hydrogens (primary N) is 1. The highest BCUT2D eigenvalue weighted by Gasteiger charge is 2.10. The van der Waals surface area contributed by atoms with Crippen molar-refractivity contribution in [3.63, 3.8) is 0 Å². The van der Waals surface area contributed by atoms with Gasteiger partial charge in [0.1, 0.15) is 5.69 Å². The molecule has 0 fully saturated rings. The first kappa shape index (κ1) is 11.3. The Morgan fingerprint density at radius 3 is 2.58 bits per heavy atom. The number of benzene rings is 2. The number of carbonyl (C=O) groups excluding carboxylic acids is 1. The molecule has 0 aliphatic rings. The Hall–Kier alpha value is -2.75. The van der Waals surface area contributed by atoms with Gasteiger partial charge in [-0.15, -0.1) is 0 Å². The summed E-state index contributed by atoms with van der Waals surface area (Å²) in [5.41, 5.74) is 8.55. The molecule has 4 heteroatoms. The third kappa shape index (κ3) is 2.15. The third-order valence-electron chi connectivity index (χ3n) is 2.96. The molecule has 4 N–H and O–H groups in total. The van der Waals surface area contributed by atoms with Crippen LogP contribution in [0.5, 0.6) is 0 Å². The number of H-pyrrole nitrogens is 1. The second-order valence-electron chi connectivity index (χ2n) is 4.31. The zero-order valence-corrected chi connectivity index (χ0v) is 10.2. The number of hydrogen-bond donors (Lipinski definition) is 3. The van der Waals surface area contributed by atoms with Crippen molar-refractivity contribution >= 4 is 28.2 Å². The normalized spacial score (nSPS) is 10.5. The lowest BCUT2D eigenvalue weighted by atomic mass is 10.2. The maximum absolute atomic E-state index is 12.1. The average molecular weight is 251 g/mol. The van der Waals surface area contributed by atoms with Crippen LogP contribution in [-0.2, 0) is 0 Å². The monoisotopic (exact) mass is 251 g/mol. The quantitative estimate of drug-likeness (QED) is 0.613. The van der Waals surface area contributed by atoms with E-state index in [4.69, 9.17) is 5.73 Å². The van der Waals surface area contributed by atoms with Crippen molar-refractivity contribution in [2.45, 2.75) is 0 Å². The molecule has 0 radical (unpaired) electrons. The van der Waals surface area contributed by atoms with Crippen LogP contribution in [0, 0.1) is 0 Å². The van der Waals surface area contributed by atoms with Crippen molar-refractivity contribution in [3.8, 4) is 0 Å². The van der Waals surface area contributed by atoms with Gasteiger partial charge < -0.3 is 16.0 Å². The molecule has 3 rings (SSSR count). The smallest absolute Gasteiger partial charge is 0.272 e. The summed E-state index contributed by atoms with van der Waals surface area (Å²) in [7, 11) is 0. The minimum atomic E-state index is -0.179. The van der Waals surface area contributed by atoms with Crippen LogP contribution < -0.4 is 11.1 Å². The van der Waals surface area contributed by atoms with Gasteiger partial charge in [-0.1, -0.05) is 30.3 Å². The number of amides is 1. The number of para-hydroxylation sites is 2. The second kappa shape index (κ2) is 4.49. The maximum Gasteiger partial charge on any atom is 0.272 e. The van der Waals surface area contributed by atoms with Crippen LogP contribution >= 0.6 is 0 Å². The van der Waals surface area contributed by atoms with Gasteiger partial charge in [0.25, 0.3) is 5.91 Å². The fraction of sp³-hybridized carbons (Fsp3) is 0. The summed E-state index contributed by atoms with van der Waals surface area (Å²) in [5, 5.41) is 3.76. The number of fused-ring (bicyclic) bond motifs is 1. The molecule has 0 saturated carbocycles. The Morgan fingerprint density at radius 2 is 1.84 bits per heavy atom. The van der Waals surface area contributed by atoms with Crippen LogP contribution in [0.15, 0.2) is 54.6 Å². The Balaban J connectivity index is 1.92. The van der Waals surface area contributed by atoms with Gasteiger partial charge in [0.15, 0.2) is 0 Å². The van der Waals surface area contributed by atoms with Gasteiger partial charge >= 0.3 is 0 Å². The van der Waals surface area contributed by atoms with E-state index in [9.17, 15) is 4.79 Å². The van der Waals surface area contributed by atoms with Crippen LogP contribution in [0.1, 0.15) is 10.5 Å². The van der Waals surface area contributed by atoms with E-state index in [1.165, 1.54) is 0 Å². The van der Waals surface area contributed by atoms with Crippen molar-refractivity contribution < 1.29 is 4.79 Å². The zero-order valence-electron chi connectivity index (χ0n) is 10.2. The van der Waals surface area contributed by atoms with E-state index in [-0.39, 0.29) is 5.91 Å². The molecule has 1 heterocycles. The lowest BCUT2D eigenvalue weighted by Crippen LogP contribution is -2.11.